The van der Waals surface area contributed by atoms with Crippen molar-refractivity contribution in [1.82, 2.24) is 15.1 Å². The van der Waals surface area contributed by atoms with Crippen LogP contribution in [-0.2, 0) is 9.84 Å². The molecule has 0 spiro atoms. The molecule has 3 heterocycles. The molecule has 3 aliphatic heterocycles. The molecule has 0 radical (unpaired) electrons. The average molecular weight is 315 g/mol. The highest BCUT2D eigenvalue weighted by Gasteiger charge is 2.34. The lowest BCUT2D eigenvalue weighted by atomic mass is 9.84. The number of fused-ring (bicyclic) bond motifs is 1. The molecule has 3 saturated heterocycles. The van der Waals surface area contributed by atoms with Crippen LogP contribution in [0.25, 0.3) is 0 Å². The van der Waals surface area contributed by atoms with Crippen molar-refractivity contribution in [2.24, 2.45) is 5.92 Å². The summed E-state index contributed by atoms with van der Waals surface area (Å²) < 4.78 is 23.4. The summed E-state index contributed by atoms with van der Waals surface area (Å²) in [6.45, 7) is 5.30. The Kier molecular flexibility index (Phi) is 4.88. The molecule has 0 saturated carbocycles. The smallest absolute Gasteiger partial charge is 0.153 e. The molecular formula is C15H29N3O2S. The highest BCUT2D eigenvalue weighted by Crippen LogP contribution is 2.29. The van der Waals surface area contributed by atoms with Crippen molar-refractivity contribution in [3.8, 4) is 0 Å². The molecule has 3 unspecified atom stereocenters. The molecule has 3 atom stereocenters. The third kappa shape index (κ3) is 3.97. The van der Waals surface area contributed by atoms with Gasteiger partial charge >= 0.3 is 0 Å². The summed E-state index contributed by atoms with van der Waals surface area (Å²) >= 11 is 0. The Labute approximate surface area is 129 Å². The van der Waals surface area contributed by atoms with Crippen LogP contribution in [0.15, 0.2) is 0 Å². The highest BCUT2D eigenvalue weighted by atomic mass is 32.2. The highest BCUT2D eigenvalue weighted by molar-refractivity contribution is 7.91. The number of hydrogen-bond donors (Lipinski definition) is 1. The van der Waals surface area contributed by atoms with Crippen LogP contribution in [0.1, 0.15) is 25.7 Å². The third-order valence-corrected chi connectivity index (χ3v) is 7.26. The van der Waals surface area contributed by atoms with E-state index >= 15 is 0 Å². The predicted octanol–water partition coefficient (Wildman–Crippen LogP) is 0.179. The second-order valence-corrected chi connectivity index (χ2v) is 9.32. The van der Waals surface area contributed by atoms with E-state index in [1.54, 1.807) is 0 Å². The lowest BCUT2D eigenvalue weighted by molar-refractivity contribution is 0.0374. The van der Waals surface area contributed by atoms with Gasteiger partial charge < -0.3 is 15.1 Å². The fraction of sp³-hybridized carbons (Fsp3) is 1.00. The lowest BCUT2D eigenvalue weighted by Gasteiger charge is -2.46. The topological polar surface area (TPSA) is 52.7 Å². The monoisotopic (exact) mass is 315 g/mol. The van der Waals surface area contributed by atoms with Crippen molar-refractivity contribution in [3.63, 3.8) is 0 Å². The molecule has 1 N–H and O–H groups in total. The standard InChI is InChI=1S/C15H29N3O2S/c1-17-7-2-3-13-11-18(9-5-15(13)17)8-4-14-12-21(19,20)10-6-16-14/h13-16H,2-12H2,1H3. The van der Waals surface area contributed by atoms with E-state index in [1.165, 1.54) is 38.9 Å². The minimum atomic E-state index is -2.80. The third-order valence-electron chi connectivity index (χ3n) is 5.52. The fourth-order valence-corrected chi connectivity index (χ4v) is 5.82. The van der Waals surface area contributed by atoms with E-state index in [2.05, 4.69) is 22.2 Å². The first kappa shape index (κ1) is 15.7. The van der Waals surface area contributed by atoms with Gasteiger partial charge in [0.05, 0.1) is 11.5 Å². The second kappa shape index (κ2) is 6.52. The maximum Gasteiger partial charge on any atom is 0.153 e. The van der Waals surface area contributed by atoms with Crippen molar-refractivity contribution >= 4 is 9.84 Å². The molecule has 3 rings (SSSR count). The van der Waals surface area contributed by atoms with E-state index < -0.39 is 9.84 Å². The van der Waals surface area contributed by atoms with Crippen molar-refractivity contribution in [2.45, 2.75) is 37.8 Å². The summed E-state index contributed by atoms with van der Waals surface area (Å²) in [5.74, 6) is 1.46. The number of hydrogen-bond acceptors (Lipinski definition) is 5. The van der Waals surface area contributed by atoms with Gasteiger partial charge in [0.15, 0.2) is 9.84 Å². The van der Waals surface area contributed by atoms with Crippen molar-refractivity contribution in [2.75, 3.05) is 51.3 Å². The van der Waals surface area contributed by atoms with E-state index in [-0.39, 0.29) is 6.04 Å². The minimum Gasteiger partial charge on any atom is -0.312 e. The molecule has 21 heavy (non-hydrogen) atoms. The Balaban J connectivity index is 1.46. The van der Waals surface area contributed by atoms with E-state index in [1.807, 2.05) is 0 Å². The van der Waals surface area contributed by atoms with Gasteiger partial charge in [-0.25, -0.2) is 8.42 Å². The van der Waals surface area contributed by atoms with Gasteiger partial charge in [-0.05, 0) is 58.3 Å². The summed E-state index contributed by atoms with van der Waals surface area (Å²) in [5.41, 5.74) is 0. The molecule has 0 bridgehead atoms. The largest absolute Gasteiger partial charge is 0.312 e. The second-order valence-electron chi connectivity index (χ2n) is 7.09. The maximum absolute atomic E-state index is 11.7. The molecule has 5 nitrogen and oxygen atoms in total. The summed E-state index contributed by atoms with van der Waals surface area (Å²) in [6.07, 6.45) is 4.93. The van der Waals surface area contributed by atoms with Crippen molar-refractivity contribution in [3.05, 3.63) is 0 Å². The summed E-state index contributed by atoms with van der Waals surface area (Å²) in [4.78, 5) is 5.10. The zero-order chi connectivity index (χ0) is 14.9. The molecule has 0 aromatic heterocycles. The van der Waals surface area contributed by atoms with Crippen LogP contribution in [0.3, 0.4) is 0 Å². The van der Waals surface area contributed by atoms with E-state index in [0.29, 0.717) is 18.1 Å². The SMILES string of the molecule is CN1CCCC2CN(CCC3CS(=O)(=O)CCN3)CCC21. The number of nitrogens with one attached hydrogen (secondary N) is 1. The van der Waals surface area contributed by atoms with Gasteiger partial charge in [0, 0.05) is 25.2 Å². The molecule has 6 heteroatoms. The van der Waals surface area contributed by atoms with Gasteiger partial charge in [0.1, 0.15) is 0 Å². The Morgan fingerprint density at radius 2 is 2.10 bits per heavy atom. The van der Waals surface area contributed by atoms with Gasteiger partial charge in [0.25, 0.3) is 0 Å². The summed E-state index contributed by atoms with van der Waals surface area (Å²) in [7, 11) is -0.532. The normalized spacial score (nSPS) is 38.0. The first-order valence-corrected chi connectivity index (χ1v) is 10.2. The molecule has 122 valence electrons. The van der Waals surface area contributed by atoms with E-state index in [4.69, 9.17) is 0 Å². The van der Waals surface area contributed by atoms with Crippen LogP contribution < -0.4 is 5.32 Å². The van der Waals surface area contributed by atoms with Crippen LogP contribution in [0, 0.1) is 5.92 Å². The lowest BCUT2D eigenvalue weighted by Crippen LogP contribution is -2.53. The molecule has 0 aromatic carbocycles. The van der Waals surface area contributed by atoms with Gasteiger partial charge in [0.2, 0.25) is 0 Å². The maximum atomic E-state index is 11.7. The van der Waals surface area contributed by atoms with Crippen LogP contribution in [-0.4, -0.2) is 81.6 Å². The molecule has 0 aromatic rings. The first-order chi connectivity index (χ1) is 10.0. The average Bonchev–Trinajstić information content (AvgIpc) is 2.44. The quantitative estimate of drug-likeness (QED) is 0.805. The van der Waals surface area contributed by atoms with Gasteiger partial charge in [-0.3, -0.25) is 0 Å². The number of likely N-dealkylation sites (tertiary alicyclic amines) is 2. The first-order valence-electron chi connectivity index (χ1n) is 8.40. The van der Waals surface area contributed by atoms with Crippen molar-refractivity contribution < 1.29 is 8.42 Å². The molecule has 0 aliphatic carbocycles. The summed E-state index contributed by atoms with van der Waals surface area (Å²) in [6, 6.07) is 0.943. The Morgan fingerprint density at radius 1 is 1.24 bits per heavy atom. The van der Waals surface area contributed by atoms with Crippen LogP contribution in [0.2, 0.25) is 0 Å². The summed E-state index contributed by atoms with van der Waals surface area (Å²) in [5, 5.41) is 3.36. The molecule has 0 amide bonds. The zero-order valence-electron chi connectivity index (χ0n) is 13.1. The van der Waals surface area contributed by atoms with Crippen LogP contribution >= 0.6 is 0 Å². The van der Waals surface area contributed by atoms with Gasteiger partial charge in [-0.15, -0.1) is 0 Å². The molecular weight excluding hydrogens is 286 g/mol. The van der Waals surface area contributed by atoms with Crippen LogP contribution in [0.4, 0.5) is 0 Å². The van der Waals surface area contributed by atoms with Gasteiger partial charge in [-0.1, -0.05) is 0 Å². The number of nitrogens with zero attached hydrogens (tertiary/aromatic N) is 2. The predicted molar refractivity (Wildman–Crippen MR) is 85.3 cm³/mol. The Hall–Kier alpha value is -0.170. The minimum absolute atomic E-state index is 0.163. The zero-order valence-corrected chi connectivity index (χ0v) is 13.9. The van der Waals surface area contributed by atoms with Crippen molar-refractivity contribution in [1.29, 1.82) is 0 Å². The number of sulfone groups is 1. The fourth-order valence-electron chi connectivity index (χ4n) is 4.32. The van der Waals surface area contributed by atoms with E-state index in [9.17, 15) is 8.42 Å². The molecule has 3 aliphatic rings. The Bertz CT molecular complexity index is 454. The number of piperidine rings is 2. The van der Waals surface area contributed by atoms with E-state index in [0.717, 1.165) is 24.9 Å². The number of rotatable bonds is 3. The van der Waals surface area contributed by atoms with Crippen LogP contribution in [0.5, 0.6) is 0 Å². The molecule has 3 fully saturated rings. The Morgan fingerprint density at radius 3 is 2.90 bits per heavy atom. The van der Waals surface area contributed by atoms with Gasteiger partial charge in [-0.2, -0.15) is 0 Å².